The fraction of sp³-hybridized carbons (Fsp3) is 0.105. The summed E-state index contributed by atoms with van der Waals surface area (Å²) in [5.74, 6) is 0. The predicted molar refractivity (Wildman–Crippen MR) is 92.9 cm³/mol. The van der Waals surface area contributed by atoms with Crippen LogP contribution in [0.3, 0.4) is 0 Å². The molecule has 0 atom stereocenters. The molecule has 1 nitrogen and oxygen atoms in total. The maximum Gasteiger partial charge on any atom is 0.416 e. The van der Waals surface area contributed by atoms with E-state index in [1.807, 2.05) is 0 Å². The van der Waals surface area contributed by atoms with Crippen molar-refractivity contribution in [2.75, 3.05) is 0 Å². The molecule has 0 saturated heterocycles. The second kappa shape index (κ2) is 7.31. The number of rotatable bonds is 3. The van der Waals surface area contributed by atoms with Crippen LogP contribution in [0, 0.1) is 0 Å². The van der Waals surface area contributed by atoms with Gasteiger partial charge in [0, 0.05) is 14.1 Å². The van der Waals surface area contributed by atoms with Crippen molar-refractivity contribution in [3.8, 4) is 0 Å². The number of aromatic nitrogens is 1. The molecule has 0 saturated carbocycles. The molecule has 0 aliphatic heterocycles. The van der Waals surface area contributed by atoms with E-state index in [0.717, 1.165) is 24.3 Å². The first kappa shape index (κ1) is 19.4. The van der Waals surface area contributed by atoms with E-state index in [4.69, 9.17) is 0 Å². The van der Waals surface area contributed by atoms with Crippen molar-refractivity contribution < 1.29 is 26.3 Å². The Morgan fingerprint density at radius 2 is 1.04 bits per heavy atom. The van der Waals surface area contributed by atoms with Crippen molar-refractivity contribution in [1.82, 2.24) is 4.98 Å². The van der Waals surface area contributed by atoms with Gasteiger partial charge in [-0.05, 0) is 47.0 Å². The Balaban J connectivity index is 2.05. The summed E-state index contributed by atoms with van der Waals surface area (Å²) < 4.78 is 76.9. The van der Waals surface area contributed by atoms with E-state index in [0.29, 0.717) is 16.0 Å². The summed E-state index contributed by atoms with van der Waals surface area (Å²) in [5.41, 5.74) is -0.976. The Morgan fingerprint density at radius 1 is 0.593 bits per heavy atom. The maximum absolute atomic E-state index is 12.8. The Hall–Kier alpha value is -2.40. The lowest BCUT2D eigenvalue weighted by atomic mass is 10.2. The molecule has 0 aliphatic rings. The molecule has 0 radical (unpaired) electrons. The summed E-state index contributed by atoms with van der Waals surface area (Å²) >= 11 is 0. The monoisotopic (exact) mass is 399 g/mol. The summed E-state index contributed by atoms with van der Waals surface area (Å²) in [6.07, 6.45) is -7.37. The highest BCUT2D eigenvalue weighted by Gasteiger charge is 2.32. The van der Waals surface area contributed by atoms with Crippen LogP contribution >= 0.6 is 7.92 Å². The van der Waals surface area contributed by atoms with Crippen LogP contribution in [0.25, 0.3) is 0 Å². The van der Waals surface area contributed by atoms with Crippen LogP contribution in [-0.2, 0) is 12.4 Å². The maximum atomic E-state index is 12.8. The van der Waals surface area contributed by atoms with Gasteiger partial charge in [0.1, 0.15) is 0 Å². The first-order valence-corrected chi connectivity index (χ1v) is 9.06. The van der Waals surface area contributed by atoms with E-state index < -0.39 is 31.4 Å². The van der Waals surface area contributed by atoms with Crippen molar-refractivity contribution in [3.63, 3.8) is 0 Å². The van der Waals surface area contributed by atoms with Crippen LogP contribution in [-0.4, -0.2) is 4.98 Å². The van der Waals surface area contributed by atoms with Crippen molar-refractivity contribution >= 4 is 24.0 Å². The SMILES string of the molecule is FC(F)(F)c1ccc(P(c2ccc(C(F)(F)F)cc2)c2ccccn2)cc1. The van der Waals surface area contributed by atoms with Gasteiger partial charge in [0.15, 0.2) is 0 Å². The van der Waals surface area contributed by atoms with Crippen LogP contribution in [0.5, 0.6) is 0 Å². The molecule has 0 spiro atoms. The van der Waals surface area contributed by atoms with Crippen LogP contribution in [0.2, 0.25) is 0 Å². The van der Waals surface area contributed by atoms with E-state index >= 15 is 0 Å². The van der Waals surface area contributed by atoms with Crippen LogP contribution in [0.1, 0.15) is 11.1 Å². The van der Waals surface area contributed by atoms with Gasteiger partial charge in [-0.15, -0.1) is 0 Å². The Labute approximate surface area is 152 Å². The second-order valence-corrected chi connectivity index (χ2v) is 7.77. The Kier molecular flexibility index (Phi) is 5.24. The molecule has 0 aliphatic carbocycles. The molecule has 27 heavy (non-hydrogen) atoms. The van der Waals surface area contributed by atoms with Gasteiger partial charge >= 0.3 is 12.4 Å². The highest BCUT2D eigenvalue weighted by molar-refractivity contribution is 7.79. The lowest BCUT2D eigenvalue weighted by Gasteiger charge is -2.19. The Bertz CT molecular complexity index is 829. The molecule has 2 aromatic carbocycles. The molecule has 0 unspecified atom stereocenters. The zero-order valence-electron chi connectivity index (χ0n) is 13.6. The number of nitrogens with zero attached hydrogens (tertiary/aromatic N) is 1. The van der Waals surface area contributed by atoms with E-state index in [1.54, 1.807) is 24.4 Å². The van der Waals surface area contributed by atoms with Crippen molar-refractivity contribution in [2.24, 2.45) is 0 Å². The van der Waals surface area contributed by atoms with E-state index in [2.05, 4.69) is 4.98 Å². The highest BCUT2D eigenvalue weighted by Crippen LogP contribution is 2.35. The smallest absolute Gasteiger partial charge is 0.256 e. The standard InChI is InChI=1S/C19H12F6NP/c20-18(21,22)13-4-8-15(9-5-13)27(17-3-1-2-12-26-17)16-10-6-14(7-11-16)19(23,24)25/h1-12H. The van der Waals surface area contributed by atoms with Gasteiger partial charge in [-0.3, -0.25) is 4.98 Å². The van der Waals surface area contributed by atoms with E-state index in [1.165, 1.54) is 24.3 Å². The van der Waals surface area contributed by atoms with Crippen LogP contribution in [0.15, 0.2) is 72.9 Å². The van der Waals surface area contributed by atoms with Gasteiger partial charge < -0.3 is 0 Å². The number of alkyl halides is 6. The van der Waals surface area contributed by atoms with Gasteiger partial charge in [0.05, 0.1) is 16.6 Å². The third kappa shape index (κ3) is 4.48. The fourth-order valence-corrected chi connectivity index (χ4v) is 4.64. The summed E-state index contributed by atoms with van der Waals surface area (Å²) in [7, 11) is -1.39. The van der Waals surface area contributed by atoms with E-state index in [9.17, 15) is 26.3 Å². The van der Waals surface area contributed by atoms with Crippen LogP contribution in [0.4, 0.5) is 26.3 Å². The average molecular weight is 399 g/mol. The molecule has 1 heterocycles. The number of halogens is 6. The largest absolute Gasteiger partial charge is 0.416 e. The molecular formula is C19H12F6NP. The minimum Gasteiger partial charge on any atom is -0.256 e. The fourth-order valence-electron chi connectivity index (χ4n) is 2.50. The van der Waals surface area contributed by atoms with Crippen molar-refractivity contribution in [1.29, 1.82) is 0 Å². The summed E-state index contributed by atoms with van der Waals surface area (Å²) in [6.45, 7) is 0. The molecular weight excluding hydrogens is 387 g/mol. The lowest BCUT2D eigenvalue weighted by molar-refractivity contribution is -0.138. The molecule has 0 bridgehead atoms. The van der Waals surface area contributed by atoms with Gasteiger partial charge in [0.25, 0.3) is 0 Å². The zero-order chi connectivity index (χ0) is 19.7. The van der Waals surface area contributed by atoms with Crippen LogP contribution < -0.4 is 16.0 Å². The van der Waals surface area contributed by atoms with Gasteiger partial charge in [0.2, 0.25) is 0 Å². The molecule has 0 N–H and O–H groups in total. The molecule has 140 valence electrons. The highest BCUT2D eigenvalue weighted by atomic mass is 31.1. The molecule has 8 heteroatoms. The lowest BCUT2D eigenvalue weighted by Crippen LogP contribution is -2.23. The molecule has 0 fully saturated rings. The predicted octanol–water partition coefficient (Wildman–Crippen LogP) is 4.88. The summed E-state index contributed by atoms with van der Waals surface area (Å²) in [4.78, 5) is 4.26. The number of benzene rings is 2. The third-order valence-corrected chi connectivity index (χ3v) is 6.14. The molecule has 0 amide bonds. The number of hydrogen-bond donors (Lipinski definition) is 0. The summed E-state index contributed by atoms with van der Waals surface area (Å²) in [5, 5.41) is 1.13. The minimum atomic E-state index is -4.46. The first-order chi connectivity index (χ1) is 12.7. The molecule has 3 rings (SSSR count). The number of hydrogen-bond acceptors (Lipinski definition) is 1. The summed E-state index contributed by atoms with van der Waals surface area (Å²) in [6, 6.07) is 14.4. The van der Waals surface area contributed by atoms with Gasteiger partial charge in [-0.1, -0.05) is 30.3 Å². The first-order valence-electron chi connectivity index (χ1n) is 7.72. The third-order valence-electron chi connectivity index (χ3n) is 3.78. The van der Waals surface area contributed by atoms with Gasteiger partial charge in [-0.25, -0.2) is 0 Å². The van der Waals surface area contributed by atoms with E-state index in [-0.39, 0.29) is 0 Å². The number of pyridine rings is 1. The topological polar surface area (TPSA) is 12.9 Å². The molecule has 1 aromatic heterocycles. The van der Waals surface area contributed by atoms with Crippen molar-refractivity contribution in [3.05, 3.63) is 84.1 Å². The molecule has 3 aromatic rings. The zero-order valence-corrected chi connectivity index (χ0v) is 14.5. The Morgan fingerprint density at radius 3 is 1.37 bits per heavy atom. The second-order valence-electron chi connectivity index (χ2n) is 5.61. The quantitative estimate of drug-likeness (QED) is 0.452. The van der Waals surface area contributed by atoms with Gasteiger partial charge in [-0.2, -0.15) is 26.3 Å². The minimum absolute atomic E-state index is 0.566. The van der Waals surface area contributed by atoms with Crippen molar-refractivity contribution in [2.45, 2.75) is 12.4 Å². The average Bonchev–Trinajstić information content (AvgIpc) is 2.62. The normalized spacial score (nSPS) is 12.4.